The zero-order valence-corrected chi connectivity index (χ0v) is 16.6. The van der Waals surface area contributed by atoms with E-state index in [0.29, 0.717) is 11.3 Å². The van der Waals surface area contributed by atoms with E-state index in [4.69, 9.17) is 4.74 Å². The van der Waals surface area contributed by atoms with Gasteiger partial charge >= 0.3 is 0 Å². The molecule has 0 radical (unpaired) electrons. The lowest BCUT2D eigenvalue weighted by Crippen LogP contribution is -2.43. The van der Waals surface area contributed by atoms with Crippen molar-refractivity contribution in [1.29, 1.82) is 0 Å². The van der Waals surface area contributed by atoms with Crippen LogP contribution in [0.3, 0.4) is 0 Å². The van der Waals surface area contributed by atoms with E-state index in [0.717, 1.165) is 37.3 Å². The molecule has 27 heavy (non-hydrogen) atoms. The minimum Gasteiger partial charge on any atom is -0.497 e. The van der Waals surface area contributed by atoms with Crippen LogP contribution in [-0.4, -0.2) is 45.7 Å². The Kier molecular flexibility index (Phi) is 5.64. The van der Waals surface area contributed by atoms with Gasteiger partial charge in [0.1, 0.15) is 5.75 Å². The first-order valence-electron chi connectivity index (χ1n) is 8.56. The number of hydrogen-bond acceptors (Lipinski definition) is 5. The van der Waals surface area contributed by atoms with Gasteiger partial charge in [0.05, 0.1) is 17.5 Å². The molecular formula is C19H22ClN3O3S. The number of nitrogens with zero attached hydrogens (tertiary/aromatic N) is 2. The Hall–Kier alpha value is -2.22. The van der Waals surface area contributed by atoms with E-state index in [1.165, 1.54) is 3.97 Å². The third-order valence-corrected chi connectivity index (χ3v) is 6.45. The van der Waals surface area contributed by atoms with Gasteiger partial charge in [-0.25, -0.2) is 12.4 Å². The number of nitrogens with one attached hydrogen (secondary N) is 1. The van der Waals surface area contributed by atoms with Crippen molar-refractivity contribution in [3.05, 3.63) is 54.7 Å². The molecule has 6 nitrogen and oxygen atoms in total. The Morgan fingerprint density at radius 3 is 2.37 bits per heavy atom. The van der Waals surface area contributed by atoms with Crippen molar-refractivity contribution in [3.63, 3.8) is 0 Å². The van der Waals surface area contributed by atoms with E-state index >= 15 is 0 Å². The molecular weight excluding hydrogens is 386 g/mol. The molecule has 0 bridgehead atoms. The fourth-order valence-electron chi connectivity index (χ4n) is 3.38. The van der Waals surface area contributed by atoms with Crippen LogP contribution in [0.2, 0.25) is 0 Å². The molecule has 3 aromatic rings. The van der Waals surface area contributed by atoms with Gasteiger partial charge in [-0.05, 0) is 42.5 Å². The second-order valence-corrected chi connectivity index (χ2v) is 8.05. The molecule has 0 aliphatic carbocycles. The number of fused-ring (bicyclic) bond motifs is 1. The first-order valence-corrected chi connectivity index (χ1v) is 10.0. The largest absolute Gasteiger partial charge is 0.497 e. The highest BCUT2D eigenvalue weighted by molar-refractivity contribution is 7.90. The summed E-state index contributed by atoms with van der Waals surface area (Å²) in [4.78, 5) is 2.53. The number of methoxy groups -OCH3 is 1. The number of piperazine rings is 1. The van der Waals surface area contributed by atoms with Crippen LogP contribution in [0.1, 0.15) is 0 Å². The number of anilines is 1. The lowest BCUT2D eigenvalue weighted by molar-refractivity contribution is 0.414. The van der Waals surface area contributed by atoms with E-state index in [1.54, 1.807) is 37.6 Å². The Labute approximate surface area is 165 Å². The van der Waals surface area contributed by atoms with Crippen molar-refractivity contribution in [1.82, 2.24) is 9.29 Å². The first kappa shape index (κ1) is 19.5. The summed E-state index contributed by atoms with van der Waals surface area (Å²) in [7, 11) is -2.11. The second kappa shape index (κ2) is 7.80. The van der Waals surface area contributed by atoms with Crippen molar-refractivity contribution in [3.8, 4) is 5.75 Å². The summed E-state index contributed by atoms with van der Waals surface area (Å²) in [5.41, 5.74) is 1.77. The van der Waals surface area contributed by atoms with Gasteiger partial charge in [-0.3, -0.25) is 0 Å². The maximum absolute atomic E-state index is 13.1. The first-order chi connectivity index (χ1) is 12.6. The zero-order valence-electron chi connectivity index (χ0n) is 15.0. The highest BCUT2D eigenvalue weighted by atomic mass is 35.5. The van der Waals surface area contributed by atoms with Gasteiger partial charge in [0, 0.05) is 43.4 Å². The number of ether oxygens (including phenoxy) is 1. The Morgan fingerprint density at radius 1 is 1.00 bits per heavy atom. The minimum atomic E-state index is -3.66. The number of halogens is 1. The van der Waals surface area contributed by atoms with Gasteiger partial charge in [0.2, 0.25) is 0 Å². The Balaban J connectivity index is 0.00000210. The lowest BCUT2D eigenvalue weighted by Gasteiger charge is -2.30. The normalized spacial score (nSPS) is 14.8. The van der Waals surface area contributed by atoms with Crippen molar-refractivity contribution < 1.29 is 13.2 Å². The molecule has 4 rings (SSSR count). The van der Waals surface area contributed by atoms with Crippen molar-refractivity contribution in [2.75, 3.05) is 38.2 Å². The molecule has 0 atom stereocenters. The molecule has 1 fully saturated rings. The summed E-state index contributed by atoms with van der Waals surface area (Å²) < 4.78 is 32.7. The lowest BCUT2D eigenvalue weighted by atomic mass is 10.2. The van der Waals surface area contributed by atoms with Crippen molar-refractivity contribution in [2.24, 2.45) is 0 Å². The molecule has 0 saturated carbocycles. The molecule has 1 N–H and O–H groups in total. The predicted octanol–water partition coefficient (Wildman–Crippen LogP) is 2.72. The van der Waals surface area contributed by atoms with Crippen molar-refractivity contribution in [2.45, 2.75) is 4.90 Å². The fourth-order valence-corrected chi connectivity index (χ4v) is 4.73. The Morgan fingerprint density at radius 2 is 1.70 bits per heavy atom. The van der Waals surface area contributed by atoms with Gasteiger partial charge in [0.25, 0.3) is 10.0 Å². The van der Waals surface area contributed by atoms with Crippen LogP contribution in [0, 0.1) is 0 Å². The molecule has 1 saturated heterocycles. The van der Waals surface area contributed by atoms with Crippen LogP contribution in [0.25, 0.3) is 10.9 Å². The van der Waals surface area contributed by atoms with Gasteiger partial charge in [-0.2, -0.15) is 0 Å². The topological polar surface area (TPSA) is 63.6 Å². The molecule has 0 amide bonds. The summed E-state index contributed by atoms with van der Waals surface area (Å²) in [5.74, 6) is 0.627. The molecule has 0 unspecified atom stereocenters. The van der Waals surface area contributed by atoms with Crippen LogP contribution in [0.4, 0.5) is 5.69 Å². The fraction of sp³-hybridized carbons (Fsp3) is 0.263. The number of benzene rings is 2. The van der Waals surface area contributed by atoms with E-state index in [2.05, 4.69) is 16.3 Å². The molecule has 2 heterocycles. The summed E-state index contributed by atoms with van der Waals surface area (Å²) >= 11 is 0. The maximum atomic E-state index is 13.1. The van der Waals surface area contributed by atoms with Gasteiger partial charge < -0.3 is 15.0 Å². The molecule has 1 aromatic heterocycles. The molecule has 1 aliphatic heterocycles. The molecule has 8 heteroatoms. The summed E-state index contributed by atoms with van der Waals surface area (Å²) in [6.07, 6.45) is 1.63. The van der Waals surface area contributed by atoms with E-state index in [9.17, 15) is 8.42 Å². The van der Waals surface area contributed by atoms with Crippen LogP contribution in [0.15, 0.2) is 59.6 Å². The third kappa shape index (κ3) is 3.50. The van der Waals surface area contributed by atoms with Gasteiger partial charge in [-0.15, -0.1) is 12.4 Å². The van der Waals surface area contributed by atoms with E-state index in [1.807, 2.05) is 18.2 Å². The highest BCUT2D eigenvalue weighted by Crippen LogP contribution is 2.30. The molecule has 144 valence electrons. The van der Waals surface area contributed by atoms with Crippen molar-refractivity contribution >= 4 is 39.0 Å². The minimum absolute atomic E-state index is 0. The Bertz CT molecular complexity index is 1030. The third-order valence-electron chi connectivity index (χ3n) is 4.75. The van der Waals surface area contributed by atoms with E-state index < -0.39 is 10.0 Å². The predicted molar refractivity (Wildman–Crippen MR) is 110 cm³/mol. The smallest absolute Gasteiger partial charge is 0.268 e. The van der Waals surface area contributed by atoms with E-state index in [-0.39, 0.29) is 17.3 Å². The van der Waals surface area contributed by atoms with Crippen LogP contribution >= 0.6 is 12.4 Å². The quantitative estimate of drug-likeness (QED) is 0.720. The highest BCUT2D eigenvalue weighted by Gasteiger charge is 2.21. The standard InChI is InChI=1S/C19H21N3O3S.ClH/c1-25-15-5-7-16(8-6-15)26(23,24)22-12-9-17-18(3-2-4-19(17)22)21-13-10-20-11-14-21;/h2-9,12,20H,10-11,13-14H2,1H3;1H. The van der Waals surface area contributed by atoms with Gasteiger partial charge in [-0.1, -0.05) is 6.07 Å². The van der Waals surface area contributed by atoms with Crippen LogP contribution < -0.4 is 15.0 Å². The molecule has 1 aliphatic rings. The summed E-state index contributed by atoms with van der Waals surface area (Å²) in [5, 5.41) is 4.29. The van der Waals surface area contributed by atoms with Crippen LogP contribution in [0.5, 0.6) is 5.75 Å². The monoisotopic (exact) mass is 407 g/mol. The number of hydrogen-bond donors (Lipinski definition) is 1. The average molecular weight is 408 g/mol. The number of rotatable bonds is 4. The summed E-state index contributed by atoms with van der Waals surface area (Å²) in [6, 6.07) is 14.2. The zero-order chi connectivity index (χ0) is 18.1. The van der Waals surface area contributed by atoms with Crippen LogP contribution in [-0.2, 0) is 10.0 Å². The molecule has 2 aromatic carbocycles. The summed E-state index contributed by atoms with van der Waals surface area (Å²) in [6.45, 7) is 3.69. The number of aromatic nitrogens is 1. The SMILES string of the molecule is COc1ccc(S(=O)(=O)n2ccc3c(N4CCNCC4)cccc32)cc1.Cl. The second-order valence-electron chi connectivity index (χ2n) is 6.24. The maximum Gasteiger partial charge on any atom is 0.268 e. The van der Waals surface area contributed by atoms with Gasteiger partial charge in [0.15, 0.2) is 0 Å². The average Bonchev–Trinajstić information content (AvgIpc) is 3.14. The molecule has 0 spiro atoms.